The molecule has 0 N–H and O–H groups in total. The third-order valence-corrected chi connectivity index (χ3v) is 4.89. The Morgan fingerprint density at radius 1 is 0.640 bits per heavy atom. The largest absolute Gasteiger partial charge is 0.256 e. The van der Waals surface area contributed by atoms with Crippen LogP contribution in [0.2, 0.25) is 0 Å². The molecular formula is C24H27N. The van der Waals surface area contributed by atoms with Gasteiger partial charge in [0.2, 0.25) is 0 Å². The highest BCUT2D eigenvalue weighted by Gasteiger charge is 2.19. The van der Waals surface area contributed by atoms with Crippen molar-refractivity contribution in [2.24, 2.45) is 11.8 Å². The second kappa shape index (κ2) is 7.65. The topological polar surface area (TPSA) is 12.9 Å². The van der Waals surface area contributed by atoms with Crippen molar-refractivity contribution in [2.45, 2.75) is 33.6 Å². The van der Waals surface area contributed by atoms with Gasteiger partial charge < -0.3 is 0 Å². The van der Waals surface area contributed by atoms with Crippen LogP contribution in [0.15, 0.2) is 72.9 Å². The number of nitrogens with zero attached hydrogens (tertiary/aromatic N) is 1. The lowest BCUT2D eigenvalue weighted by molar-refractivity contribution is 0.388. The van der Waals surface area contributed by atoms with E-state index in [1.165, 1.54) is 16.7 Å². The molecule has 0 aliphatic heterocycles. The number of rotatable bonds is 5. The summed E-state index contributed by atoms with van der Waals surface area (Å²) in [5.74, 6) is 1.90. The Labute approximate surface area is 151 Å². The molecule has 0 aliphatic rings. The molecule has 1 heteroatoms. The van der Waals surface area contributed by atoms with Crippen molar-refractivity contribution >= 4 is 0 Å². The van der Waals surface area contributed by atoms with Gasteiger partial charge in [0.05, 0.1) is 5.69 Å². The summed E-state index contributed by atoms with van der Waals surface area (Å²) < 4.78 is 0. The fourth-order valence-corrected chi connectivity index (χ4v) is 3.81. The molecule has 0 saturated heterocycles. The second-order valence-electron chi connectivity index (χ2n) is 7.43. The van der Waals surface area contributed by atoms with Gasteiger partial charge in [0.15, 0.2) is 0 Å². The predicted molar refractivity (Wildman–Crippen MR) is 108 cm³/mol. The van der Waals surface area contributed by atoms with Crippen molar-refractivity contribution in [3.63, 3.8) is 0 Å². The minimum absolute atomic E-state index is 0.603. The minimum atomic E-state index is 0.603. The van der Waals surface area contributed by atoms with Gasteiger partial charge in [0.25, 0.3) is 0 Å². The van der Waals surface area contributed by atoms with Gasteiger partial charge >= 0.3 is 0 Å². The van der Waals surface area contributed by atoms with Crippen molar-refractivity contribution < 1.29 is 0 Å². The van der Waals surface area contributed by atoms with Gasteiger partial charge in [-0.25, -0.2) is 0 Å². The zero-order valence-electron chi connectivity index (χ0n) is 15.6. The zero-order valence-corrected chi connectivity index (χ0v) is 15.6. The van der Waals surface area contributed by atoms with E-state index in [0.29, 0.717) is 17.8 Å². The Morgan fingerprint density at radius 2 is 1.28 bits per heavy atom. The monoisotopic (exact) mass is 329 g/mol. The van der Waals surface area contributed by atoms with Crippen LogP contribution in [0.1, 0.15) is 39.2 Å². The molecule has 128 valence electrons. The molecule has 2 aromatic carbocycles. The molecule has 0 unspecified atom stereocenters. The quantitative estimate of drug-likeness (QED) is 0.501. The van der Waals surface area contributed by atoms with Gasteiger partial charge in [-0.3, -0.25) is 4.98 Å². The first-order chi connectivity index (χ1) is 12.1. The molecule has 0 atom stereocenters. The lowest BCUT2D eigenvalue weighted by Gasteiger charge is -2.25. The molecule has 0 spiro atoms. The summed E-state index contributed by atoms with van der Waals surface area (Å²) in [5.41, 5.74) is 6.07. The molecular weight excluding hydrogens is 302 g/mol. The van der Waals surface area contributed by atoms with Gasteiger partial charge in [-0.2, -0.15) is 0 Å². The standard InChI is InChI=1S/C24H27N/c1-17(2)24(18(3)4)21-12-10-19(11-13-21)22-14-15-25-23(16-22)20-8-6-5-7-9-20/h5-18,24H,1-4H3. The summed E-state index contributed by atoms with van der Waals surface area (Å²) in [6.45, 7) is 9.25. The molecule has 0 fully saturated rings. The number of benzene rings is 2. The summed E-state index contributed by atoms with van der Waals surface area (Å²) in [4.78, 5) is 4.53. The average Bonchev–Trinajstić information content (AvgIpc) is 2.63. The Morgan fingerprint density at radius 3 is 1.88 bits per heavy atom. The predicted octanol–water partition coefficient (Wildman–Crippen LogP) is 6.81. The van der Waals surface area contributed by atoms with E-state index in [4.69, 9.17) is 0 Å². The van der Waals surface area contributed by atoms with Gasteiger partial charge in [-0.05, 0) is 46.6 Å². The van der Waals surface area contributed by atoms with Crippen LogP contribution in [0.4, 0.5) is 0 Å². The number of aromatic nitrogens is 1. The Bertz CT molecular complexity index is 793. The lowest BCUT2D eigenvalue weighted by atomic mass is 9.80. The van der Waals surface area contributed by atoms with E-state index in [1.807, 2.05) is 12.3 Å². The van der Waals surface area contributed by atoms with E-state index < -0.39 is 0 Å². The maximum absolute atomic E-state index is 4.53. The van der Waals surface area contributed by atoms with Crippen LogP contribution in [0.5, 0.6) is 0 Å². The molecule has 3 rings (SSSR count). The van der Waals surface area contributed by atoms with Gasteiger partial charge in [0, 0.05) is 11.8 Å². The first-order valence-electron chi connectivity index (χ1n) is 9.18. The summed E-state index contributed by atoms with van der Waals surface area (Å²) in [7, 11) is 0. The fourth-order valence-electron chi connectivity index (χ4n) is 3.81. The molecule has 0 radical (unpaired) electrons. The average molecular weight is 329 g/mol. The van der Waals surface area contributed by atoms with Gasteiger partial charge in [-0.15, -0.1) is 0 Å². The van der Waals surface area contributed by atoms with E-state index in [1.54, 1.807) is 0 Å². The lowest BCUT2D eigenvalue weighted by Crippen LogP contribution is -2.13. The van der Waals surface area contributed by atoms with Gasteiger partial charge in [0.1, 0.15) is 0 Å². The van der Waals surface area contributed by atoms with Crippen LogP contribution in [-0.2, 0) is 0 Å². The van der Waals surface area contributed by atoms with Crippen molar-refractivity contribution in [1.29, 1.82) is 0 Å². The molecule has 1 nitrogen and oxygen atoms in total. The smallest absolute Gasteiger partial charge is 0.0708 e. The third kappa shape index (κ3) is 3.99. The summed E-state index contributed by atoms with van der Waals surface area (Å²) in [6, 6.07) is 23.7. The molecule has 1 heterocycles. The fraction of sp³-hybridized carbons (Fsp3) is 0.292. The van der Waals surface area contributed by atoms with E-state index in [2.05, 4.69) is 93.3 Å². The molecule has 25 heavy (non-hydrogen) atoms. The Balaban J connectivity index is 1.90. The van der Waals surface area contributed by atoms with E-state index in [9.17, 15) is 0 Å². The van der Waals surface area contributed by atoms with Crippen LogP contribution in [-0.4, -0.2) is 4.98 Å². The van der Waals surface area contributed by atoms with E-state index in [-0.39, 0.29) is 0 Å². The molecule has 0 bridgehead atoms. The van der Waals surface area contributed by atoms with Crippen LogP contribution < -0.4 is 0 Å². The summed E-state index contributed by atoms with van der Waals surface area (Å²) >= 11 is 0. The molecule has 0 aliphatic carbocycles. The van der Waals surface area contributed by atoms with E-state index >= 15 is 0 Å². The minimum Gasteiger partial charge on any atom is -0.256 e. The van der Waals surface area contributed by atoms with Gasteiger partial charge in [-0.1, -0.05) is 82.3 Å². The first-order valence-corrected chi connectivity index (χ1v) is 9.18. The van der Waals surface area contributed by atoms with Crippen LogP contribution >= 0.6 is 0 Å². The summed E-state index contributed by atoms with van der Waals surface area (Å²) in [5, 5.41) is 0. The Kier molecular flexibility index (Phi) is 5.33. The van der Waals surface area contributed by atoms with Crippen molar-refractivity contribution in [2.75, 3.05) is 0 Å². The number of hydrogen-bond acceptors (Lipinski definition) is 1. The molecule has 3 aromatic rings. The number of pyridine rings is 1. The highest BCUT2D eigenvalue weighted by atomic mass is 14.7. The molecule has 0 amide bonds. The van der Waals surface area contributed by atoms with Crippen LogP contribution in [0.3, 0.4) is 0 Å². The maximum atomic E-state index is 4.53. The van der Waals surface area contributed by atoms with Crippen LogP contribution in [0, 0.1) is 11.8 Å². The second-order valence-corrected chi connectivity index (χ2v) is 7.43. The van der Waals surface area contributed by atoms with Crippen molar-refractivity contribution in [3.8, 4) is 22.4 Å². The molecule has 1 aromatic heterocycles. The summed E-state index contributed by atoms with van der Waals surface area (Å²) in [6.07, 6.45) is 1.90. The third-order valence-electron chi connectivity index (χ3n) is 4.89. The normalized spacial score (nSPS) is 11.5. The Hall–Kier alpha value is -2.41. The first kappa shape index (κ1) is 17.4. The SMILES string of the molecule is CC(C)C(c1ccc(-c2ccnc(-c3ccccc3)c2)cc1)C(C)C. The van der Waals surface area contributed by atoms with Crippen LogP contribution in [0.25, 0.3) is 22.4 Å². The highest BCUT2D eigenvalue weighted by Crippen LogP contribution is 2.33. The van der Waals surface area contributed by atoms with Crippen molar-refractivity contribution in [3.05, 3.63) is 78.5 Å². The number of hydrogen-bond donors (Lipinski definition) is 0. The molecule has 0 saturated carbocycles. The maximum Gasteiger partial charge on any atom is 0.0708 e. The zero-order chi connectivity index (χ0) is 17.8. The van der Waals surface area contributed by atoms with Crippen molar-refractivity contribution in [1.82, 2.24) is 4.98 Å². The highest BCUT2D eigenvalue weighted by molar-refractivity contribution is 5.70. The van der Waals surface area contributed by atoms with E-state index in [0.717, 1.165) is 11.3 Å².